The standard InChI is InChI=1S/C18H32N4O4/c1-2-25-18(24)20-12-10-19(11-13-20)16-5-3-7-21(15-16)17(23)6-9-22-8-4-14-26-22/h16H,2-15H2,1H3. The lowest BCUT2D eigenvalue weighted by Crippen LogP contribution is -2.56. The number of piperidine rings is 1. The Morgan fingerprint density at radius 2 is 1.85 bits per heavy atom. The number of carbonyl (C=O) groups excluding carboxylic acids is 2. The summed E-state index contributed by atoms with van der Waals surface area (Å²) in [5.74, 6) is 0.232. The molecule has 0 N–H and O–H groups in total. The molecule has 1 unspecified atom stereocenters. The highest BCUT2D eigenvalue weighted by molar-refractivity contribution is 5.76. The average Bonchev–Trinajstić information content (AvgIpc) is 3.20. The first kappa shape index (κ1) is 19.4. The van der Waals surface area contributed by atoms with Crippen molar-refractivity contribution < 1.29 is 19.2 Å². The molecule has 8 nitrogen and oxygen atoms in total. The van der Waals surface area contributed by atoms with Crippen LogP contribution in [0, 0.1) is 0 Å². The van der Waals surface area contributed by atoms with Gasteiger partial charge in [-0.1, -0.05) is 0 Å². The van der Waals surface area contributed by atoms with Gasteiger partial charge in [-0.2, -0.15) is 5.06 Å². The van der Waals surface area contributed by atoms with Crippen LogP contribution in [-0.2, 0) is 14.4 Å². The van der Waals surface area contributed by atoms with E-state index in [0.29, 0.717) is 38.7 Å². The predicted octanol–water partition coefficient (Wildman–Crippen LogP) is 0.779. The van der Waals surface area contributed by atoms with Crippen LogP contribution < -0.4 is 0 Å². The van der Waals surface area contributed by atoms with Gasteiger partial charge in [-0.15, -0.1) is 0 Å². The number of hydrogen-bond donors (Lipinski definition) is 0. The molecule has 2 amide bonds. The first-order chi connectivity index (χ1) is 12.7. The van der Waals surface area contributed by atoms with Gasteiger partial charge in [0.25, 0.3) is 0 Å². The number of hydroxylamine groups is 2. The normalized spacial score (nSPS) is 25.5. The lowest BCUT2D eigenvalue weighted by Gasteiger charge is -2.43. The van der Waals surface area contributed by atoms with Crippen molar-refractivity contribution >= 4 is 12.0 Å². The smallest absolute Gasteiger partial charge is 0.409 e. The Morgan fingerprint density at radius 3 is 2.54 bits per heavy atom. The maximum absolute atomic E-state index is 12.6. The molecule has 0 radical (unpaired) electrons. The number of rotatable bonds is 5. The fourth-order valence-electron chi connectivity index (χ4n) is 4.02. The molecular formula is C18H32N4O4. The number of piperazine rings is 1. The van der Waals surface area contributed by atoms with Crippen LogP contribution >= 0.6 is 0 Å². The molecule has 3 aliphatic heterocycles. The summed E-state index contributed by atoms with van der Waals surface area (Å²) in [5, 5.41) is 1.91. The summed E-state index contributed by atoms with van der Waals surface area (Å²) in [6, 6.07) is 0.403. The van der Waals surface area contributed by atoms with Gasteiger partial charge in [-0.25, -0.2) is 4.79 Å². The minimum atomic E-state index is -0.211. The molecule has 0 saturated carbocycles. The Morgan fingerprint density at radius 1 is 1.04 bits per heavy atom. The first-order valence-electron chi connectivity index (χ1n) is 9.98. The second-order valence-electron chi connectivity index (χ2n) is 7.22. The van der Waals surface area contributed by atoms with E-state index in [-0.39, 0.29) is 12.0 Å². The quantitative estimate of drug-likeness (QED) is 0.715. The van der Waals surface area contributed by atoms with Crippen LogP contribution in [0.2, 0.25) is 0 Å². The molecule has 0 bridgehead atoms. The van der Waals surface area contributed by atoms with E-state index in [1.165, 1.54) is 0 Å². The van der Waals surface area contributed by atoms with Crippen molar-refractivity contribution in [1.29, 1.82) is 0 Å². The largest absolute Gasteiger partial charge is 0.450 e. The van der Waals surface area contributed by atoms with E-state index < -0.39 is 0 Å². The topological polar surface area (TPSA) is 65.6 Å². The Bertz CT molecular complexity index is 476. The highest BCUT2D eigenvalue weighted by Crippen LogP contribution is 2.19. The van der Waals surface area contributed by atoms with E-state index in [2.05, 4.69) is 4.90 Å². The van der Waals surface area contributed by atoms with Gasteiger partial charge >= 0.3 is 6.09 Å². The van der Waals surface area contributed by atoms with E-state index in [4.69, 9.17) is 9.57 Å². The lowest BCUT2D eigenvalue weighted by atomic mass is 10.0. The number of hydrogen-bond acceptors (Lipinski definition) is 6. The van der Waals surface area contributed by atoms with Crippen molar-refractivity contribution in [3.63, 3.8) is 0 Å². The van der Waals surface area contributed by atoms with Crippen molar-refractivity contribution in [3.8, 4) is 0 Å². The zero-order valence-electron chi connectivity index (χ0n) is 15.9. The van der Waals surface area contributed by atoms with Gasteiger partial charge < -0.3 is 14.5 Å². The van der Waals surface area contributed by atoms with Gasteiger partial charge in [0.1, 0.15) is 0 Å². The van der Waals surface area contributed by atoms with Crippen LogP contribution in [0.4, 0.5) is 4.79 Å². The summed E-state index contributed by atoms with van der Waals surface area (Å²) in [7, 11) is 0. The van der Waals surface area contributed by atoms with Gasteiger partial charge in [0.2, 0.25) is 5.91 Å². The van der Waals surface area contributed by atoms with E-state index in [0.717, 1.165) is 58.6 Å². The van der Waals surface area contributed by atoms with Crippen molar-refractivity contribution in [2.45, 2.75) is 38.6 Å². The molecule has 0 aromatic heterocycles. The lowest BCUT2D eigenvalue weighted by molar-refractivity contribution is -0.140. The van der Waals surface area contributed by atoms with Crippen molar-refractivity contribution in [2.75, 3.05) is 65.6 Å². The second kappa shape index (κ2) is 9.53. The van der Waals surface area contributed by atoms with Crippen LogP contribution in [0.25, 0.3) is 0 Å². The summed E-state index contributed by atoms with van der Waals surface area (Å²) in [6.45, 7) is 9.43. The number of ether oxygens (including phenoxy) is 1. The predicted molar refractivity (Wildman–Crippen MR) is 96.5 cm³/mol. The molecule has 3 rings (SSSR count). The maximum Gasteiger partial charge on any atom is 0.409 e. The summed E-state index contributed by atoms with van der Waals surface area (Å²) >= 11 is 0. The molecule has 0 spiro atoms. The fraction of sp³-hybridized carbons (Fsp3) is 0.889. The number of carbonyl (C=O) groups is 2. The molecule has 1 atom stereocenters. The molecule has 26 heavy (non-hydrogen) atoms. The van der Waals surface area contributed by atoms with Gasteiger partial charge in [-0.3, -0.25) is 14.5 Å². The summed E-state index contributed by atoms with van der Waals surface area (Å²) < 4.78 is 5.08. The molecule has 3 heterocycles. The molecule has 0 aromatic rings. The minimum absolute atomic E-state index is 0.211. The minimum Gasteiger partial charge on any atom is -0.450 e. The first-order valence-corrected chi connectivity index (χ1v) is 9.98. The maximum atomic E-state index is 12.6. The van der Waals surface area contributed by atoms with Gasteiger partial charge in [0.05, 0.1) is 13.2 Å². The van der Waals surface area contributed by atoms with Crippen LogP contribution in [0.1, 0.15) is 32.6 Å². The second-order valence-corrected chi connectivity index (χ2v) is 7.22. The molecular weight excluding hydrogens is 336 g/mol. The van der Waals surface area contributed by atoms with Crippen molar-refractivity contribution in [2.24, 2.45) is 0 Å². The molecule has 3 saturated heterocycles. The Labute approximate surface area is 155 Å². The highest BCUT2D eigenvalue weighted by Gasteiger charge is 2.31. The van der Waals surface area contributed by atoms with E-state index in [1.54, 1.807) is 4.90 Å². The monoisotopic (exact) mass is 368 g/mol. The molecule has 0 aromatic carbocycles. The van der Waals surface area contributed by atoms with Gasteiger partial charge in [-0.05, 0) is 26.2 Å². The molecule has 0 aliphatic carbocycles. The Hall–Kier alpha value is -1.38. The zero-order valence-corrected chi connectivity index (χ0v) is 15.9. The van der Waals surface area contributed by atoms with Crippen LogP contribution in [0.5, 0.6) is 0 Å². The highest BCUT2D eigenvalue weighted by atomic mass is 16.7. The van der Waals surface area contributed by atoms with Crippen molar-refractivity contribution in [3.05, 3.63) is 0 Å². The molecule has 3 fully saturated rings. The fourth-order valence-corrected chi connectivity index (χ4v) is 4.02. The third-order valence-electron chi connectivity index (χ3n) is 5.51. The van der Waals surface area contributed by atoms with Gasteiger partial charge in [0, 0.05) is 64.8 Å². The number of amides is 2. The van der Waals surface area contributed by atoms with E-state index >= 15 is 0 Å². The van der Waals surface area contributed by atoms with Crippen LogP contribution in [0.15, 0.2) is 0 Å². The Balaban J connectivity index is 1.42. The van der Waals surface area contributed by atoms with Crippen LogP contribution in [-0.4, -0.2) is 103 Å². The van der Waals surface area contributed by atoms with Crippen molar-refractivity contribution in [1.82, 2.24) is 19.8 Å². The van der Waals surface area contributed by atoms with Gasteiger partial charge in [0.15, 0.2) is 0 Å². The third kappa shape index (κ3) is 5.08. The Kier molecular flexibility index (Phi) is 7.10. The molecule has 3 aliphatic rings. The summed E-state index contributed by atoms with van der Waals surface area (Å²) in [6.07, 6.45) is 3.55. The number of likely N-dealkylation sites (tertiary alicyclic amines) is 1. The van der Waals surface area contributed by atoms with E-state index in [9.17, 15) is 9.59 Å². The zero-order chi connectivity index (χ0) is 18.4. The van der Waals surface area contributed by atoms with Crippen LogP contribution in [0.3, 0.4) is 0 Å². The summed E-state index contributed by atoms with van der Waals surface area (Å²) in [5.41, 5.74) is 0. The number of nitrogens with zero attached hydrogens (tertiary/aromatic N) is 4. The summed E-state index contributed by atoms with van der Waals surface area (Å²) in [4.78, 5) is 36.1. The molecule has 148 valence electrons. The van der Waals surface area contributed by atoms with E-state index in [1.807, 2.05) is 16.9 Å². The third-order valence-corrected chi connectivity index (χ3v) is 5.51. The average molecular weight is 368 g/mol. The SMILES string of the molecule is CCOC(=O)N1CCN(C2CCCN(C(=O)CCN3CCCO3)C2)CC1. The molecule has 8 heteroatoms.